The number of carbonyl (C=O) groups is 1. The van der Waals surface area contributed by atoms with E-state index >= 15 is 0 Å². The summed E-state index contributed by atoms with van der Waals surface area (Å²) in [5, 5.41) is 12.0. The standard InChI is InChI=1S/C12H25NO3/c1-9(6-7-14)13-10(2)8-11(15)16-12(3,4)5/h9-10,13-14H,6-8H2,1-5H3. The molecule has 2 atom stereocenters. The van der Waals surface area contributed by atoms with E-state index < -0.39 is 5.60 Å². The van der Waals surface area contributed by atoms with Crippen molar-refractivity contribution >= 4 is 5.97 Å². The average molecular weight is 231 g/mol. The highest BCUT2D eigenvalue weighted by atomic mass is 16.6. The molecule has 2 N–H and O–H groups in total. The predicted octanol–water partition coefficient (Wildman–Crippen LogP) is 1.47. The van der Waals surface area contributed by atoms with Gasteiger partial charge in [0.15, 0.2) is 0 Å². The summed E-state index contributed by atoms with van der Waals surface area (Å²) in [5.41, 5.74) is -0.423. The number of nitrogens with one attached hydrogen (secondary N) is 1. The molecule has 0 fully saturated rings. The van der Waals surface area contributed by atoms with Crippen molar-refractivity contribution in [3.05, 3.63) is 0 Å². The highest BCUT2D eigenvalue weighted by Crippen LogP contribution is 2.09. The summed E-state index contributed by atoms with van der Waals surface area (Å²) in [6.45, 7) is 9.67. The number of carbonyl (C=O) groups excluding carboxylic acids is 1. The third-order valence-electron chi connectivity index (χ3n) is 2.02. The van der Waals surface area contributed by atoms with Crippen LogP contribution in [0.2, 0.25) is 0 Å². The first-order chi connectivity index (χ1) is 7.24. The van der Waals surface area contributed by atoms with Crippen LogP contribution in [-0.4, -0.2) is 35.4 Å². The van der Waals surface area contributed by atoms with E-state index in [1.807, 2.05) is 34.6 Å². The fraction of sp³-hybridized carbons (Fsp3) is 0.917. The van der Waals surface area contributed by atoms with Gasteiger partial charge in [0.1, 0.15) is 5.60 Å². The molecule has 0 saturated heterocycles. The summed E-state index contributed by atoms with van der Waals surface area (Å²) in [4.78, 5) is 11.5. The first kappa shape index (κ1) is 15.4. The minimum absolute atomic E-state index is 0.0661. The molecule has 0 heterocycles. The molecule has 4 nitrogen and oxygen atoms in total. The van der Waals surface area contributed by atoms with Crippen LogP contribution in [0.25, 0.3) is 0 Å². The van der Waals surface area contributed by atoms with Gasteiger partial charge in [0.05, 0.1) is 6.42 Å². The van der Waals surface area contributed by atoms with Gasteiger partial charge in [-0.3, -0.25) is 4.79 Å². The number of ether oxygens (including phenoxy) is 1. The molecule has 0 aliphatic carbocycles. The molecular formula is C12H25NO3. The fourth-order valence-corrected chi connectivity index (χ4v) is 1.45. The van der Waals surface area contributed by atoms with Gasteiger partial charge in [0.25, 0.3) is 0 Å². The molecule has 0 amide bonds. The fourth-order valence-electron chi connectivity index (χ4n) is 1.45. The normalized spacial score (nSPS) is 15.6. The highest BCUT2D eigenvalue weighted by molar-refractivity contribution is 5.70. The summed E-state index contributed by atoms with van der Waals surface area (Å²) in [5.74, 6) is -0.191. The molecule has 0 rings (SSSR count). The van der Waals surface area contributed by atoms with Crippen molar-refractivity contribution in [3.8, 4) is 0 Å². The lowest BCUT2D eigenvalue weighted by atomic mass is 10.1. The van der Waals surface area contributed by atoms with E-state index in [-0.39, 0.29) is 24.7 Å². The minimum Gasteiger partial charge on any atom is -0.460 e. The predicted molar refractivity (Wildman–Crippen MR) is 64.2 cm³/mol. The van der Waals surface area contributed by atoms with Crippen molar-refractivity contribution in [2.24, 2.45) is 0 Å². The Hall–Kier alpha value is -0.610. The Morgan fingerprint density at radius 1 is 1.31 bits per heavy atom. The van der Waals surface area contributed by atoms with E-state index in [1.165, 1.54) is 0 Å². The molecule has 0 saturated carbocycles. The second-order valence-corrected chi connectivity index (χ2v) is 5.27. The lowest BCUT2D eigenvalue weighted by Crippen LogP contribution is -2.37. The number of aliphatic hydroxyl groups is 1. The summed E-state index contributed by atoms with van der Waals surface area (Å²) in [6, 6.07) is 0.277. The van der Waals surface area contributed by atoms with E-state index in [0.717, 1.165) is 0 Å². The molecule has 0 aromatic rings. The van der Waals surface area contributed by atoms with Crippen molar-refractivity contribution in [3.63, 3.8) is 0 Å². The monoisotopic (exact) mass is 231 g/mol. The largest absolute Gasteiger partial charge is 0.460 e. The molecule has 16 heavy (non-hydrogen) atoms. The summed E-state index contributed by atoms with van der Waals surface area (Å²) < 4.78 is 5.22. The van der Waals surface area contributed by atoms with E-state index in [2.05, 4.69) is 5.32 Å². The van der Waals surface area contributed by atoms with Crippen molar-refractivity contribution in [2.45, 2.75) is 65.1 Å². The Morgan fingerprint density at radius 2 is 1.88 bits per heavy atom. The number of rotatable bonds is 6. The molecule has 96 valence electrons. The third kappa shape index (κ3) is 8.68. The van der Waals surface area contributed by atoms with Crippen LogP contribution in [-0.2, 0) is 9.53 Å². The summed E-state index contributed by atoms with van der Waals surface area (Å²) in [7, 11) is 0. The molecule has 2 unspecified atom stereocenters. The van der Waals surface area contributed by atoms with Crippen LogP contribution in [0.1, 0.15) is 47.5 Å². The van der Waals surface area contributed by atoms with Gasteiger partial charge >= 0.3 is 5.97 Å². The molecular weight excluding hydrogens is 206 g/mol. The van der Waals surface area contributed by atoms with Gasteiger partial charge < -0.3 is 15.2 Å². The van der Waals surface area contributed by atoms with Gasteiger partial charge in [-0.05, 0) is 41.0 Å². The number of hydrogen-bond acceptors (Lipinski definition) is 4. The molecule has 0 aromatic carbocycles. The van der Waals surface area contributed by atoms with Gasteiger partial charge in [0.2, 0.25) is 0 Å². The van der Waals surface area contributed by atoms with E-state index in [9.17, 15) is 4.79 Å². The van der Waals surface area contributed by atoms with E-state index in [0.29, 0.717) is 12.8 Å². The molecule has 4 heteroatoms. The molecule has 0 aliphatic rings. The zero-order valence-electron chi connectivity index (χ0n) is 11.0. The molecule has 0 aliphatic heterocycles. The second kappa shape index (κ2) is 6.86. The van der Waals surface area contributed by atoms with Crippen LogP contribution < -0.4 is 5.32 Å². The van der Waals surface area contributed by atoms with E-state index in [1.54, 1.807) is 0 Å². The Kier molecular flexibility index (Phi) is 6.60. The van der Waals surface area contributed by atoms with Gasteiger partial charge in [-0.1, -0.05) is 0 Å². The maximum atomic E-state index is 11.5. The Bertz CT molecular complexity index is 211. The van der Waals surface area contributed by atoms with Crippen molar-refractivity contribution in [1.82, 2.24) is 5.32 Å². The second-order valence-electron chi connectivity index (χ2n) is 5.27. The number of esters is 1. The average Bonchev–Trinajstić information content (AvgIpc) is 1.98. The first-order valence-corrected chi connectivity index (χ1v) is 5.83. The molecule has 0 aromatic heterocycles. The van der Waals surface area contributed by atoms with Crippen LogP contribution in [0.3, 0.4) is 0 Å². The lowest BCUT2D eigenvalue weighted by molar-refractivity contribution is -0.155. The third-order valence-corrected chi connectivity index (χ3v) is 2.02. The van der Waals surface area contributed by atoms with E-state index in [4.69, 9.17) is 9.84 Å². The van der Waals surface area contributed by atoms with Gasteiger partial charge in [-0.25, -0.2) is 0 Å². The molecule has 0 radical (unpaired) electrons. The Morgan fingerprint density at radius 3 is 2.31 bits per heavy atom. The lowest BCUT2D eigenvalue weighted by Gasteiger charge is -2.23. The van der Waals surface area contributed by atoms with Crippen molar-refractivity contribution in [2.75, 3.05) is 6.61 Å². The highest BCUT2D eigenvalue weighted by Gasteiger charge is 2.18. The summed E-state index contributed by atoms with van der Waals surface area (Å²) >= 11 is 0. The number of aliphatic hydroxyl groups excluding tert-OH is 1. The van der Waals surface area contributed by atoms with Crippen LogP contribution in [0.4, 0.5) is 0 Å². The first-order valence-electron chi connectivity index (χ1n) is 5.83. The van der Waals surface area contributed by atoms with Gasteiger partial charge in [-0.2, -0.15) is 0 Å². The van der Waals surface area contributed by atoms with Crippen LogP contribution in [0.5, 0.6) is 0 Å². The van der Waals surface area contributed by atoms with Crippen molar-refractivity contribution < 1.29 is 14.6 Å². The van der Waals surface area contributed by atoms with Crippen LogP contribution in [0.15, 0.2) is 0 Å². The van der Waals surface area contributed by atoms with Crippen LogP contribution >= 0.6 is 0 Å². The Balaban J connectivity index is 3.87. The van der Waals surface area contributed by atoms with Crippen LogP contribution in [0, 0.1) is 0 Å². The Labute approximate surface area is 98.4 Å². The zero-order valence-corrected chi connectivity index (χ0v) is 11.0. The topological polar surface area (TPSA) is 58.6 Å². The molecule has 0 spiro atoms. The van der Waals surface area contributed by atoms with Crippen molar-refractivity contribution in [1.29, 1.82) is 0 Å². The maximum absolute atomic E-state index is 11.5. The molecule has 0 bridgehead atoms. The quantitative estimate of drug-likeness (QED) is 0.680. The smallest absolute Gasteiger partial charge is 0.307 e. The maximum Gasteiger partial charge on any atom is 0.307 e. The zero-order chi connectivity index (χ0) is 12.8. The van der Waals surface area contributed by atoms with Gasteiger partial charge in [0, 0.05) is 18.7 Å². The van der Waals surface area contributed by atoms with Gasteiger partial charge in [-0.15, -0.1) is 0 Å². The summed E-state index contributed by atoms with van der Waals surface area (Å²) in [6.07, 6.45) is 1.05. The SMILES string of the molecule is CC(CCO)NC(C)CC(=O)OC(C)(C)C. The number of hydrogen-bond donors (Lipinski definition) is 2. The minimum atomic E-state index is -0.423.